The molecule has 0 fully saturated rings. The fraction of sp³-hybridized carbons (Fsp3) is 0.308. The van der Waals surface area contributed by atoms with Gasteiger partial charge in [-0.3, -0.25) is 30.4 Å². The van der Waals surface area contributed by atoms with Gasteiger partial charge in [0.25, 0.3) is 11.8 Å². The number of nitrogen functional groups attached to an aromatic ring is 1. The number of hydrogen-bond acceptors (Lipinski definition) is 10. The molecule has 3 rings (SSSR count). The number of nitrogens with one attached hydrogen (secondary N) is 4. The molecule has 27 heavy (non-hydrogen) atoms. The molecule has 0 atom stereocenters. The number of nitrogens with zero attached hydrogens (tertiary/aromatic N) is 7. The summed E-state index contributed by atoms with van der Waals surface area (Å²) in [4.78, 5) is 43.1. The zero-order valence-corrected chi connectivity index (χ0v) is 15.0. The van der Waals surface area contributed by atoms with Crippen molar-refractivity contribution in [3.63, 3.8) is 0 Å². The first kappa shape index (κ1) is 19.4. The van der Waals surface area contributed by atoms with Crippen LogP contribution in [0.1, 0.15) is 46.7 Å². The molecule has 6 N–H and O–H groups in total. The van der Waals surface area contributed by atoms with Crippen LogP contribution in [0.5, 0.6) is 0 Å². The molecule has 14 heteroatoms. The highest BCUT2D eigenvalue weighted by Gasteiger charge is 2.17. The maximum Gasteiger partial charge on any atom is 0.297 e. The number of nitrogens with two attached hydrogens (primary N) is 1. The van der Waals surface area contributed by atoms with Crippen molar-refractivity contribution in [2.24, 2.45) is 0 Å². The Morgan fingerprint density at radius 3 is 1.52 bits per heavy atom. The van der Waals surface area contributed by atoms with Gasteiger partial charge in [-0.05, 0) is 13.8 Å². The van der Waals surface area contributed by atoms with Crippen molar-refractivity contribution < 1.29 is 9.59 Å². The molecule has 0 aromatic carbocycles. The first-order valence-corrected chi connectivity index (χ1v) is 7.83. The smallest absolute Gasteiger partial charge is 0.297 e. The van der Waals surface area contributed by atoms with E-state index < -0.39 is 11.8 Å². The fourth-order valence-corrected chi connectivity index (χ4v) is 1.71. The lowest BCUT2D eigenvalue weighted by Gasteiger charge is -2.05. The first-order valence-electron chi connectivity index (χ1n) is 7.83. The Morgan fingerprint density at radius 2 is 1.19 bits per heavy atom. The van der Waals surface area contributed by atoms with Gasteiger partial charge in [-0.15, -0.1) is 10.2 Å². The predicted octanol–water partition coefficient (Wildman–Crippen LogP) is -0.162. The fourth-order valence-electron chi connectivity index (χ4n) is 1.71. The molecule has 0 radical (unpaired) electrons. The molecule has 14 nitrogen and oxygen atoms in total. The molecule has 0 unspecified atom stereocenters. The molecule has 3 heterocycles. The molecule has 3 aromatic heterocycles. The van der Waals surface area contributed by atoms with Crippen LogP contribution in [0, 0.1) is 13.8 Å². The molecule has 0 bridgehead atoms. The molecule has 3 aromatic rings. The lowest BCUT2D eigenvalue weighted by molar-refractivity contribution is 0.101. The van der Waals surface area contributed by atoms with E-state index in [2.05, 4.69) is 55.9 Å². The number of carbonyl (C=O) groups is 2. The predicted molar refractivity (Wildman–Crippen MR) is 93.7 cm³/mol. The van der Waals surface area contributed by atoms with Gasteiger partial charge in [-0.25, -0.2) is 9.97 Å². The molecule has 0 aliphatic heterocycles. The molecule has 2 amide bonds. The summed E-state index contributed by atoms with van der Waals surface area (Å²) in [6.45, 7) is 7.28. The lowest BCUT2D eigenvalue weighted by Crippen LogP contribution is -2.20. The van der Waals surface area contributed by atoms with Crippen LogP contribution in [0.25, 0.3) is 0 Å². The average molecular weight is 374 g/mol. The Kier molecular flexibility index (Phi) is 6.03. The van der Waals surface area contributed by atoms with Crippen molar-refractivity contribution in [2.45, 2.75) is 27.7 Å². The van der Waals surface area contributed by atoms with Gasteiger partial charge in [-0.2, -0.15) is 15.0 Å². The Balaban J connectivity index is 0.00000126. The van der Waals surface area contributed by atoms with E-state index in [1.54, 1.807) is 13.8 Å². The van der Waals surface area contributed by atoms with E-state index in [1.807, 2.05) is 13.8 Å². The first-order chi connectivity index (χ1) is 12.9. The normalized spacial score (nSPS) is 9.93. The number of aryl methyl sites for hydroxylation is 2. The van der Waals surface area contributed by atoms with Gasteiger partial charge in [-0.1, -0.05) is 13.8 Å². The zero-order valence-electron chi connectivity index (χ0n) is 15.0. The van der Waals surface area contributed by atoms with Gasteiger partial charge in [0.05, 0.1) is 0 Å². The summed E-state index contributed by atoms with van der Waals surface area (Å²) in [7, 11) is 0. The third-order valence-electron chi connectivity index (χ3n) is 2.70. The van der Waals surface area contributed by atoms with Gasteiger partial charge in [0.1, 0.15) is 11.6 Å². The van der Waals surface area contributed by atoms with Crippen molar-refractivity contribution in [3.8, 4) is 0 Å². The maximum atomic E-state index is 12.0. The van der Waals surface area contributed by atoms with Gasteiger partial charge in [0.15, 0.2) is 0 Å². The number of amides is 2. The van der Waals surface area contributed by atoms with Crippen molar-refractivity contribution in [1.29, 1.82) is 0 Å². The SMILES string of the molecule is CC.Cc1nc(C(=O)Nc2nc(N)nc(NC(=O)c3n[nH]c(C)n3)n2)n[nH]1. The van der Waals surface area contributed by atoms with Crippen LogP contribution in [-0.2, 0) is 0 Å². The molecule has 0 aliphatic rings. The van der Waals surface area contributed by atoms with Crippen molar-refractivity contribution >= 4 is 29.7 Å². The minimum Gasteiger partial charge on any atom is -0.368 e. The lowest BCUT2D eigenvalue weighted by atomic mass is 10.5. The minimum absolute atomic E-state index is 0.0988. The Bertz CT molecular complexity index is 874. The number of aromatic amines is 2. The van der Waals surface area contributed by atoms with Gasteiger partial charge in [0, 0.05) is 0 Å². The number of anilines is 3. The van der Waals surface area contributed by atoms with E-state index in [-0.39, 0.29) is 29.5 Å². The van der Waals surface area contributed by atoms with Crippen molar-refractivity contribution in [1.82, 2.24) is 45.3 Å². The number of hydrogen-bond donors (Lipinski definition) is 5. The van der Waals surface area contributed by atoms with Crippen LogP contribution in [0.15, 0.2) is 0 Å². The van der Waals surface area contributed by atoms with Gasteiger partial charge >= 0.3 is 0 Å². The molecule has 0 aliphatic carbocycles. The largest absolute Gasteiger partial charge is 0.368 e. The highest BCUT2D eigenvalue weighted by atomic mass is 16.2. The van der Waals surface area contributed by atoms with Gasteiger partial charge in [0.2, 0.25) is 29.5 Å². The summed E-state index contributed by atoms with van der Waals surface area (Å²) in [5, 5.41) is 17.2. The third kappa shape index (κ3) is 5.00. The van der Waals surface area contributed by atoms with Crippen LogP contribution in [0.3, 0.4) is 0 Å². The summed E-state index contributed by atoms with van der Waals surface area (Å²) >= 11 is 0. The molecule has 0 spiro atoms. The van der Waals surface area contributed by atoms with E-state index in [0.717, 1.165) is 0 Å². The highest BCUT2D eigenvalue weighted by molar-refractivity contribution is 6.01. The van der Waals surface area contributed by atoms with E-state index in [1.165, 1.54) is 0 Å². The summed E-state index contributed by atoms with van der Waals surface area (Å²) < 4.78 is 0. The third-order valence-corrected chi connectivity index (χ3v) is 2.70. The summed E-state index contributed by atoms with van der Waals surface area (Å²) in [6, 6.07) is 0. The van der Waals surface area contributed by atoms with Crippen LogP contribution < -0.4 is 16.4 Å². The van der Waals surface area contributed by atoms with E-state index in [4.69, 9.17) is 5.73 Å². The summed E-state index contributed by atoms with van der Waals surface area (Å²) in [5.74, 6) is -1.14. The van der Waals surface area contributed by atoms with Crippen LogP contribution in [-0.4, -0.2) is 57.1 Å². The van der Waals surface area contributed by atoms with Crippen molar-refractivity contribution in [3.05, 3.63) is 23.3 Å². The number of H-pyrrole nitrogens is 2. The van der Waals surface area contributed by atoms with Crippen molar-refractivity contribution in [2.75, 3.05) is 16.4 Å². The van der Waals surface area contributed by atoms with Crippen LogP contribution in [0.4, 0.5) is 17.8 Å². The molecular formula is C13H18N12O2. The topological polar surface area (TPSA) is 206 Å². The van der Waals surface area contributed by atoms with Crippen LogP contribution >= 0.6 is 0 Å². The molecule has 0 saturated carbocycles. The molecule has 142 valence electrons. The number of rotatable bonds is 4. The Labute approximate surface area is 152 Å². The van der Waals surface area contributed by atoms with E-state index in [9.17, 15) is 9.59 Å². The summed E-state index contributed by atoms with van der Waals surface area (Å²) in [5.41, 5.74) is 5.56. The Hall–Kier alpha value is -3.97. The second-order valence-corrected chi connectivity index (χ2v) is 4.74. The standard InChI is InChI=1S/C11H12N12O2.C2H6/c1-3-13-5(22-20-3)7(24)15-10-17-9(12)18-11(19-10)16-8(25)6-14-4(2)21-23-6;1-2/h1-2H3,(H,13,20,22)(H,14,21,23)(H4,12,15,16,17,18,19,24,25);1-2H3. The van der Waals surface area contributed by atoms with Gasteiger partial charge < -0.3 is 5.73 Å². The highest BCUT2D eigenvalue weighted by Crippen LogP contribution is 2.08. The maximum absolute atomic E-state index is 12.0. The number of aromatic nitrogens is 9. The van der Waals surface area contributed by atoms with E-state index >= 15 is 0 Å². The number of carbonyl (C=O) groups excluding carboxylic acids is 2. The molecule has 0 saturated heterocycles. The zero-order chi connectivity index (χ0) is 20.0. The minimum atomic E-state index is -0.656. The molecular weight excluding hydrogens is 356 g/mol. The van der Waals surface area contributed by atoms with Crippen LogP contribution in [0.2, 0.25) is 0 Å². The second-order valence-electron chi connectivity index (χ2n) is 4.74. The van der Waals surface area contributed by atoms with E-state index in [0.29, 0.717) is 11.6 Å². The average Bonchev–Trinajstić information content (AvgIpc) is 3.24. The Morgan fingerprint density at radius 1 is 0.778 bits per heavy atom. The summed E-state index contributed by atoms with van der Waals surface area (Å²) in [6.07, 6.45) is 0. The quantitative estimate of drug-likeness (QED) is 0.407. The second kappa shape index (κ2) is 8.41. The monoisotopic (exact) mass is 374 g/mol.